The largest absolute Gasteiger partial charge is 0.481 e. The molecule has 5 atom stereocenters. The summed E-state index contributed by atoms with van der Waals surface area (Å²) in [5.41, 5.74) is 3.30. The van der Waals surface area contributed by atoms with Gasteiger partial charge in [-0.2, -0.15) is 0 Å². The molecule has 0 amide bonds. The summed E-state index contributed by atoms with van der Waals surface area (Å²) >= 11 is 0. The first-order valence-electron chi connectivity index (χ1n) is 11.7. The van der Waals surface area contributed by atoms with Crippen molar-refractivity contribution in [1.29, 1.82) is 0 Å². The molecule has 0 saturated heterocycles. The van der Waals surface area contributed by atoms with E-state index in [1.165, 1.54) is 56.9 Å². The molecular formula is C25H40O4. The van der Waals surface area contributed by atoms with E-state index in [9.17, 15) is 15.0 Å². The predicted octanol–water partition coefficient (Wildman–Crippen LogP) is 5.10. The molecule has 2 saturated carbocycles. The Labute approximate surface area is 176 Å². The van der Waals surface area contributed by atoms with Crippen molar-refractivity contribution < 1.29 is 20.1 Å². The molecule has 3 N–H and O–H groups in total. The minimum absolute atomic E-state index is 0.0720. The van der Waals surface area contributed by atoms with Crippen molar-refractivity contribution in [3.63, 3.8) is 0 Å². The van der Waals surface area contributed by atoms with E-state index in [1.54, 1.807) is 11.6 Å². The smallest absolute Gasteiger partial charge is 0.305 e. The molecule has 4 heteroatoms. The van der Waals surface area contributed by atoms with Gasteiger partial charge in [-0.05, 0) is 53.9 Å². The summed E-state index contributed by atoms with van der Waals surface area (Å²) in [6.07, 6.45) is 12.3. The van der Waals surface area contributed by atoms with Gasteiger partial charge < -0.3 is 15.3 Å². The highest BCUT2D eigenvalue weighted by Gasteiger charge is 2.54. The fourth-order valence-corrected chi connectivity index (χ4v) is 6.47. The highest BCUT2D eigenvalue weighted by atomic mass is 16.4. The molecule has 164 valence electrons. The predicted molar refractivity (Wildman–Crippen MR) is 115 cm³/mol. The minimum Gasteiger partial charge on any atom is -0.481 e. The van der Waals surface area contributed by atoms with Gasteiger partial charge in [0, 0.05) is 6.42 Å². The molecule has 0 aromatic heterocycles. The van der Waals surface area contributed by atoms with Crippen LogP contribution < -0.4 is 0 Å². The first-order valence-corrected chi connectivity index (χ1v) is 11.7. The third-order valence-corrected chi connectivity index (χ3v) is 8.03. The molecule has 4 nitrogen and oxygen atoms in total. The van der Waals surface area contributed by atoms with Gasteiger partial charge in [-0.25, -0.2) is 0 Å². The van der Waals surface area contributed by atoms with Crippen LogP contribution in [-0.4, -0.2) is 33.5 Å². The van der Waals surface area contributed by atoms with Gasteiger partial charge in [0.15, 0.2) is 0 Å². The highest BCUT2D eigenvalue weighted by molar-refractivity contribution is 5.67. The Kier molecular flexibility index (Phi) is 7.27. The molecule has 0 aromatic carbocycles. The Morgan fingerprint density at radius 1 is 1.17 bits per heavy atom. The quantitative estimate of drug-likeness (QED) is 0.500. The SMILES string of the molecule is CC1CC2(C(C)C)CC1C(CC1CCCCC1)=C2/C=C/C(O)CC(O)CC(=O)O. The van der Waals surface area contributed by atoms with Crippen molar-refractivity contribution >= 4 is 5.97 Å². The maximum absolute atomic E-state index is 10.8. The molecule has 5 unspecified atom stereocenters. The summed E-state index contributed by atoms with van der Waals surface area (Å²) in [4.78, 5) is 10.8. The topological polar surface area (TPSA) is 77.8 Å². The maximum Gasteiger partial charge on any atom is 0.305 e. The van der Waals surface area contributed by atoms with E-state index in [-0.39, 0.29) is 18.3 Å². The van der Waals surface area contributed by atoms with E-state index in [0.29, 0.717) is 11.8 Å². The Balaban J connectivity index is 1.81. The molecule has 0 spiro atoms. The number of aliphatic hydroxyl groups excluding tert-OH is 2. The van der Waals surface area contributed by atoms with Crippen molar-refractivity contribution in [1.82, 2.24) is 0 Å². The number of carbonyl (C=O) groups is 1. The molecule has 0 aliphatic heterocycles. The van der Waals surface area contributed by atoms with E-state index >= 15 is 0 Å². The molecule has 0 radical (unpaired) electrons. The number of aliphatic carboxylic acids is 1. The van der Waals surface area contributed by atoms with Gasteiger partial charge in [0.25, 0.3) is 0 Å². The van der Waals surface area contributed by atoms with E-state index in [1.807, 2.05) is 0 Å². The average molecular weight is 405 g/mol. The lowest BCUT2D eigenvalue weighted by atomic mass is 9.67. The summed E-state index contributed by atoms with van der Waals surface area (Å²) in [7, 11) is 0. The fourth-order valence-electron chi connectivity index (χ4n) is 6.47. The van der Waals surface area contributed by atoms with Crippen molar-refractivity contribution in [2.45, 2.75) is 97.2 Å². The first-order chi connectivity index (χ1) is 13.7. The van der Waals surface area contributed by atoms with Crippen LogP contribution in [0.2, 0.25) is 0 Å². The molecule has 3 rings (SSSR count). The molecule has 0 heterocycles. The standard InChI is InChI=1S/C25H40O4/c1-16(2)25-14-17(3)22(15-25)21(11-18-7-5-4-6-8-18)23(25)10-9-19(26)12-20(27)13-24(28)29/h9-10,16-20,22,26-27H,4-8,11-15H2,1-3H3,(H,28,29)/b10-9+. The number of carboxylic acids is 1. The van der Waals surface area contributed by atoms with E-state index < -0.39 is 18.2 Å². The van der Waals surface area contributed by atoms with Crippen LogP contribution in [0.1, 0.15) is 85.0 Å². The zero-order chi connectivity index (χ0) is 21.2. The Bertz CT molecular complexity index is 643. The molecule has 2 fully saturated rings. The zero-order valence-corrected chi connectivity index (χ0v) is 18.4. The Hall–Kier alpha value is -1.13. The number of rotatable bonds is 9. The van der Waals surface area contributed by atoms with Crippen LogP contribution in [-0.2, 0) is 4.79 Å². The van der Waals surface area contributed by atoms with Gasteiger partial charge in [0.2, 0.25) is 0 Å². The van der Waals surface area contributed by atoms with Crippen molar-refractivity contribution in [2.24, 2.45) is 29.1 Å². The molecule has 3 aliphatic rings. The van der Waals surface area contributed by atoms with Gasteiger partial charge in [-0.1, -0.05) is 70.6 Å². The third-order valence-electron chi connectivity index (χ3n) is 8.03. The maximum atomic E-state index is 10.8. The second-order valence-electron chi connectivity index (χ2n) is 10.4. The Morgan fingerprint density at radius 2 is 1.86 bits per heavy atom. The van der Waals surface area contributed by atoms with E-state index in [2.05, 4.69) is 26.8 Å². The minimum atomic E-state index is -1.04. The summed E-state index contributed by atoms with van der Waals surface area (Å²) in [5, 5.41) is 29.0. The molecule has 0 aromatic rings. The van der Waals surface area contributed by atoms with Gasteiger partial charge in [0.05, 0.1) is 18.6 Å². The first kappa shape index (κ1) is 22.6. The van der Waals surface area contributed by atoms with Crippen molar-refractivity contribution in [3.05, 3.63) is 23.3 Å². The number of allylic oxidation sites excluding steroid dienone is 3. The van der Waals surface area contributed by atoms with Gasteiger partial charge in [-0.3, -0.25) is 4.79 Å². The normalized spacial score (nSPS) is 32.5. The molecule has 29 heavy (non-hydrogen) atoms. The summed E-state index contributed by atoms with van der Waals surface area (Å²) in [6.45, 7) is 7.08. The number of carboxylic acid groups (broad SMARTS) is 1. The van der Waals surface area contributed by atoms with Gasteiger partial charge >= 0.3 is 5.97 Å². The van der Waals surface area contributed by atoms with Crippen molar-refractivity contribution in [2.75, 3.05) is 0 Å². The average Bonchev–Trinajstić information content (AvgIpc) is 3.14. The lowest BCUT2D eigenvalue weighted by Crippen LogP contribution is -2.27. The molecular weight excluding hydrogens is 364 g/mol. The number of aliphatic hydroxyl groups is 2. The molecule has 3 aliphatic carbocycles. The van der Waals surface area contributed by atoms with Crippen LogP contribution in [0.15, 0.2) is 23.3 Å². The van der Waals surface area contributed by atoms with E-state index in [4.69, 9.17) is 5.11 Å². The highest BCUT2D eigenvalue weighted by Crippen LogP contribution is 2.64. The van der Waals surface area contributed by atoms with E-state index in [0.717, 1.165) is 11.8 Å². The van der Waals surface area contributed by atoms with Gasteiger partial charge in [-0.15, -0.1) is 0 Å². The second kappa shape index (κ2) is 9.34. The van der Waals surface area contributed by atoms with Crippen LogP contribution >= 0.6 is 0 Å². The number of fused-ring (bicyclic) bond motifs is 2. The monoisotopic (exact) mass is 404 g/mol. The lowest BCUT2D eigenvalue weighted by Gasteiger charge is -2.37. The van der Waals surface area contributed by atoms with Crippen LogP contribution in [0.3, 0.4) is 0 Å². The zero-order valence-electron chi connectivity index (χ0n) is 18.4. The van der Waals surface area contributed by atoms with Crippen LogP contribution in [0, 0.1) is 29.1 Å². The third kappa shape index (κ3) is 4.96. The summed E-state index contributed by atoms with van der Waals surface area (Å²) < 4.78 is 0. The lowest BCUT2D eigenvalue weighted by molar-refractivity contribution is -0.139. The van der Waals surface area contributed by atoms with Crippen LogP contribution in [0.5, 0.6) is 0 Å². The number of hydrogen-bond acceptors (Lipinski definition) is 3. The van der Waals surface area contributed by atoms with Crippen molar-refractivity contribution in [3.8, 4) is 0 Å². The van der Waals surface area contributed by atoms with Crippen LogP contribution in [0.4, 0.5) is 0 Å². The second-order valence-corrected chi connectivity index (χ2v) is 10.4. The summed E-state index contributed by atoms with van der Waals surface area (Å²) in [6, 6.07) is 0. The van der Waals surface area contributed by atoms with Crippen LogP contribution in [0.25, 0.3) is 0 Å². The number of hydrogen-bond donors (Lipinski definition) is 3. The Morgan fingerprint density at radius 3 is 2.48 bits per heavy atom. The summed E-state index contributed by atoms with van der Waals surface area (Å²) in [5.74, 6) is 1.74. The van der Waals surface area contributed by atoms with Gasteiger partial charge in [0.1, 0.15) is 0 Å². The fraction of sp³-hybridized carbons (Fsp3) is 0.800. The molecule has 2 bridgehead atoms.